The van der Waals surface area contributed by atoms with Crippen LogP contribution in [0.4, 0.5) is 0 Å². The predicted octanol–water partition coefficient (Wildman–Crippen LogP) is -0.283. The Kier molecular flexibility index (Phi) is 2.34. The van der Waals surface area contributed by atoms with E-state index >= 15 is 0 Å². The maximum Gasteiger partial charge on any atom is 0.332 e. The number of aliphatic hydroxyl groups excluding tert-OH is 1. The average Bonchev–Trinajstić information content (AvgIpc) is 2.59. The summed E-state index contributed by atoms with van der Waals surface area (Å²) in [6, 6.07) is 3.36. The SMILES string of the molecule is O=C(O)C(O)Cc1cc2ncccn2n1. The lowest BCUT2D eigenvalue weighted by molar-refractivity contribution is -0.146. The molecule has 1 atom stereocenters. The van der Waals surface area contributed by atoms with Crippen molar-refractivity contribution < 1.29 is 15.0 Å². The summed E-state index contributed by atoms with van der Waals surface area (Å²) in [5.74, 6) is -1.25. The van der Waals surface area contributed by atoms with Crippen LogP contribution in [-0.2, 0) is 11.2 Å². The van der Waals surface area contributed by atoms with Gasteiger partial charge in [0, 0.05) is 24.9 Å². The van der Waals surface area contributed by atoms with Crippen LogP contribution >= 0.6 is 0 Å². The molecule has 0 aliphatic carbocycles. The highest BCUT2D eigenvalue weighted by Crippen LogP contribution is 2.05. The topological polar surface area (TPSA) is 87.7 Å². The van der Waals surface area contributed by atoms with Gasteiger partial charge in [0.2, 0.25) is 0 Å². The number of rotatable bonds is 3. The zero-order chi connectivity index (χ0) is 10.8. The highest BCUT2D eigenvalue weighted by atomic mass is 16.4. The van der Waals surface area contributed by atoms with Crippen LogP contribution in [0.25, 0.3) is 5.65 Å². The predicted molar refractivity (Wildman–Crippen MR) is 50.3 cm³/mol. The number of hydrogen-bond donors (Lipinski definition) is 2. The minimum atomic E-state index is -1.42. The molecule has 2 heterocycles. The summed E-state index contributed by atoms with van der Waals surface area (Å²) in [5.41, 5.74) is 1.13. The average molecular weight is 207 g/mol. The summed E-state index contributed by atoms with van der Waals surface area (Å²) in [6.45, 7) is 0. The van der Waals surface area contributed by atoms with E-state index in [0.29, 0.717) is 11.3 Å². The maximum atomic E-state index is 10.4. The van der Waals surface area contributed by atoms with E-state index in [4.69, 9.17) is 10.2 Å². The smallest absolute Gasteiger partial charge is 0.332 e. The summed E-state index contributed by atoms with van der Waals surface area (Å²) in [6.07, 6.45) is 1.89. The third kappa shape index (κ3) is 1.94. The third-order valence-corrected chi connectivity index (χ3v) is 1.97. The van der Waals surface area contributed by atoms with Gasteiger partial charge in [-0.2, -0.15) is 5.10 Å². The van der Waals surface area contributed by atoms with Crippen LogP contribution in [0.5, 0.6) is 0 Å². The zero-order valence-electron chi connectivity index (χ0n) is 7.74. The Bertz CT molecular complexity index is 461. The van der Waals surface area contributed by atoms with Crippen LogP contribution in [0.15, 0.2) is 24.5 Å². The van der Waals surface area contributed by atoms with E-state index in [9.17, 15) is 4.79 Å². The number of fused-ring (bicyclic) bond motifs is 1. The minimum absolute atomic E-state index is 0.0152. The molecule has 0 saturated heterocycles. The lowest BCUT2D eigenvalue weighted by Gasteiger charge is -2.00. The number of hydrogen-bond acceptors (Lipinski definition) is 4. The Hall–Kier alpha value is -1.95. The van der Waals surface area contributed by atoms with Crippen molar-refractivity contribution in [3.8, 4) is 0 Å². The standard InChI is InChI=1S/C9H9N3O3/c13-7(9(14)15)4-6-5-8-10-2-1-3-12(8)11-6/h1-3,5,7,13H,4H2,(H,14,15). The van der Waals surface area contributed by atoms with Crippen LogP contribution in [0.3, 0.4) is 0 Å². The summed E-state index contributed by atoms with van der Waals surface area (Å²) in [4.78, 5) is 14.4. The molecule has 0 saturated carbocycles. The van der Waals surface area contributed by atoms with Gasteiger partial charge in [-0.1, -0.05) is 0 Å². The third-order valence-electron chi connectivity index (χ3n) is 1.97. The van der Waals surface area contributed by atoms with E-state index in [1.165, 1.54) is 4.52 Å². The van der Waals surface area contributed by atoms with Gasteiger partial charge in [-0.3, -0.25) is 0 Å². The molecule has 15 heavy (non-hydrogen) atoms. The lowest BCUT2D eigenvalue weighted by Crippen LogP contribution is -2.22. The number of aliphatic hydroxyl groups is 1. The number of carbonyl (C=O) groups is 1. The van der Waals surface area contributed by atoms with E-state index in [0.717, 1.165) is 0 Å². The second kappa shape index (κ2) is 3.66. The number of nitrogens with zero attached hydrogens (tertiary/aromatic N) is 3. The Morgan fingerprint density at radius 1 is 1.60 bits per heavy atom. The van der Waals surface area contributed by atoms with E-state index in [-0.39, 0.29) is 6.42 Å². The van der Waals surface area contributed by atoms with Crippen molar-refractivity contribution in [1.82, 2.24) is 14.6 Å². The second-order valence-electron chi connectivity index (χ2n) is 3.12. The molecule has 0 spiro atoms. The molecule has 6 nitrogen and oxygen atoms in total. The molecule has 0 radical (unpaired) electrons. The van der Waals surface area contributed by atoms with E-state index in [2.05, 4.69) is 10.1 Å². The summed E-state index contributed by atoms with van der Waals surface area (Å²) in [5, 5.41) is 21.7. The first kappa shape index (κ1) is 9.60. The fourth-order valence-corrected chi connectivity index (χ4v) is 1.26. The molecule has 0 amide bonds. The van der Waals surface area contributed by atoms with Crippen LogP contribution < -0.4 is 0 Å². The normalized spacial score (nSPS) is 12.9. The van der Waals surface area contributed by atoms with Gasteiger partial charge in [0.05, 0.1) is 5.69 Å². The summed E-state index contributed by atoms with van der Waals surface area (Å²) in [7, 11) is 0. The number of aromatic nitrogens is 3. The van der Waals surface area contributed by atoms with Gasteiger partial charge >= 0.3 is 5.97 Å². The fourth-order valence-electron chi connectivity index (χ4n) is 1.26. The number of carboxylic acid groups (broad SMARTS) is 1. The number of aliphatic carboxylic acids is 1. The van der Waals surface area contributed by atoms with Gasteiger partial charge in [-0.05, 0) is 6.07 Å². The fraction of sp³-hybridized carbons (Fsp3) is 0.222. The quantitative estimate of drug-likeness (QED) is 0.722. The molecule has 2 aromatic heterocycles. The number of carboxylic acids is 1. The molecule has 0 bridgehead atoms. The Morgan fingerprint density at radius 2 is 2.40 bits per heavy atom. The highest BCUT2D eigenvalue weighted by Gasteiger charge is 2.15. The van der Waals surface area contributed by atoms with Crippen molar-refractivity contribution in [3.63, 3.8) is 0 Å². The van der Waals surface area contributed by atoms with Crippen molar-refractivity contribution in [2.24, 2.45) is 0 Å². The first-order valence-corrected chi connectivity index (χ1v) is 4.37. The van der Waals surface area contributed by atoms with Gasteiger partial charge in [-0.25, -0.2) is 14.3 Å². The molecule has 0 aliphatic rings. The van der Waals surface area contributed by atoms with Gasteiger partial charge in [0.25, 0.3) is 0 Å². The molecular weight excluding hydrogens is 198 g/mol. The largest absolute Gasteiger partial charge is 0.479 e. The van der Waals surface area contributed by atoms with Crippen molar-refractivity contribution in [2.45, 2.75) is 12.5 Å². The van der Waals surface area contributed by atoms with Crippen LogP contribution in [0.2, 0.25) is 0 Å². The Labute approximate surface area is 84.8 Å². The van der Waals surface area contributed by atoms with Crippen LogP contribution in [0, 0.1) is 0 Å². The Morgan fingerprint density at radius 3 is 3.07 bits per heavy atom. The van der Waals surface area contributed by atoms with Gasteiger partial charge in [0.15, 0.2) is 11.8 Å². The monoisotopic (exact) mass is 207 g/mol. The van der Waals surface area contributed by atoms with E-state index in [1.54, 1.807) is 24.5 Å². The van der Waals surface area contributed by atoms with Crippen molar-refractivity contribution in [1.29, 1.82) is 0 Å². The molecule has 1 unspecified atom stereocenters. The highest BCUT2D eigenvalue weighted by molar-refractivity contribution is 5.72. The van der Waals surface area contributed by atoms with Crippen molar-refractivity contribution in [2.75, 3.05) is 0 Å². The molecular formula is C9H9N3O3. The first-order chi connectivity index (χ1) is 7.16. The minimum Gasteiger partial charge on any atom is -0.479 e. The lowest BCUT2D eigenvalue weighted by atomic mass is 10.2. The van der Waals surface area contributed by atoms with Gasteiger partial charge < -0.3 is 10.2 Å². The molecule has 0 aliphatic heterocycles. The summed E-state index contributed by atoms with van der Waals surface area (Å²) < 4.78 is 1.53. The van der Waals surface area contributed by atoms with Crippen LogP contribution in [0.1, 0.15) is 5.69 Å². The van der Waals surface area contributed by atoms with E-state index < -0.39 is 12.1 Å². The van der Waals surface area contributed by atoms with E-state index in [1.807, 2.05) is 0 Å². The summed E-state index contributed by atoms with van der Waals surface area (Å²) >= 11 is 0. The van der Waals surface area contributed by atoms with Crippen molar-refractivity contribution >= 4 is 11.6 Å². The second-order valence-corrected chi connectivity index (χ2v) is 3.12. The maximum absolute atomic E-state index is 10.4. The zero-order valence-corrected chi connectivity index (χ0v) is 7.74. The van der Waals surface area contributed by atoms with Gasteiger partial charge in [-0.15, -0.1) is 0 Å². The van der Waals surface area contributed by atoms with Gasteiger partial charge in [0.1, 0.15) is 0 Å². The van der Waals surface area contributed by atoms with Crippen molar-refractivity contribution in [3.05, 3.63) is 30.2 Å². The molecule has 2 aromatic rings. The first-order valence-electron chi connectivity index (χ1n) is 4.37. The molecule has 2 N–H and O–H groups in total. The molecule has 0 fully saturated rings. The molecule has 78 valence electrons. The van der Waals surface area contributed by atoms with Crippen LogP contribution in [-0.4, -0.2) is 36.9 Å². The molecule has 0 aromatic carbocycles. The Balaban J connectivity index is 2.26. The molecule has 6 heteroatoms. The molecule has 2 rings (SSSR count).